The van der Waals surface area contributed by atoms with E-state index in [4.69, 9.17) is 0 Å². The topological polar surface area (TPSA) is 34.9 Å². The fraction of sp³-hybridized carbons (Fsp3) is 0.200. The lowest BCUT2D eigenvalue weighted by Crippen LogP contribution is -2.20. The first-order chi connectivity index (χ1) is 11.6. The van der Waals surface area contributed by atoms with Crippen molar-refractivity contribution in [2.24, 2.45) is 0 Å². The number of rotatable bonds is 2. The van der Waals surface area contributed by atoms with Gasteiger partial charge in [0.25, 0.3) is 0 Å². The smallest absolute Gasteiger partial charge is 0.166 e. The normalized spacial score (nSPS) is 16.9. The number of halogens is 1. The Bertz CT molecular complexity index is 912. The van der Waals surface area contributed by atoms with Crippen molar-refractivity contribution in [3.63, 3.8) is 0 Å². The molecule has 0 bridgehead atoms. The second-order valence-electron chi connectivity index (χ2n) is 6.34. The third-order valence-electron chi connectivity index (χ3n) is 4.63. The number of fused-ring (bicyclic) bond motifs is 1. The van der Waals surface area contributed by atoms with Crippen LogP contribution in [0, 0.1) is 12.7 Å². The van der Waals surface area contributed by atoms with E-state index in [0.29, 0.717) is 12.0 Å². The molecule has 4 rings (SSSR count). The zero-order valence-electron chi connectivity index (χ0n) is 13.4. The van der Waals surface area contributed by atoms with Crippen LogP contribution in [0.5, 0.6) is 0 Å². The van der Waals surface area contributed by atoms with Gasteiger partial charge < -0.3 is 0 Å². The minimum atomic E-state index is -0.258. The summed E-state index contributed by atoms with van der Waals surface area (Å²) >= 11 is 0. The number of benzene rings is 2. The molecule has 1 heterocycles. The molecule has 1 unspecified atom stereocenters. The summed E-state index contributed by atoms with van der Waals surface area (Å²) in [5.74, 6) is -0.0956. The molecule has 1 aromatic heterocycles. The molecule has 2 aromatic carbocycles. The van der Waals surface area contributed by atoms with Crippen molar-refractivity contribution in [2.45, 2.75) is 25.7 Å². The molecule has 0 saturated carbocycles. The number of carbonyl (C=O) groups is 1. The first kappa shape index (κ1) is 14.8. The summed E-state index contributed by atoms with van der Waals surface area (Å²) in [6.07, 6.45) is 2.83. The molecule has 0 radical (unpaired) electrons. The predicted molar refractivity (Wildman–Crippen MR) is 90.1 cm³/mol. The Morgan fingerprint density at radius 3 is 2.67 bits per heavy atom. The van der Waals surface area contributed by atoms with Gasteiger partial charge in [-0.1, -0.05) is 24.3 Å². The fourth-order valence-corrected chi connectivity index (χ4v) is 3.40. The van der Waals surface area contributed by atoms with E-state index in [0.717, 1.165) is 28.9 Å². The summed E-state index contributed by atoms with van der Waals surface area (Å²) in [6.45, 7) is 2.03. The maximum Gasteiger partial charge on any atom is 0.166 e. The van der Waals surface area contributed by atoms with E-state index in [2.05, 4.69) is 11.2 Å². The van der Waals surface area contributed by atoms with Gasteiger partial charge in [0.05, 0.1) is 23.1 Å². The quantitative estimate of drug-likeness (QED) is 0.708. The van der Waals surface area contributed by atoms with Gasteiger partial charge in [-0.25, -0.2) is 9.07 Å². The zero-order valence-corrected chi connectivity index (χ0v) is 13.4. The van der Waals surface area contributed by atoms with Gasteiger partial charge >= 0.3 is 0 Å². The molecule has 3 aromatic rings. The Hall–Kier alpha value is -2.75. The summed E-state index contributed by atoms with van der Waals surface area (Å²) in [4.78, 5) is 12.5. The minimum absolute atomic E-state index is 0.0610. The molecule has 0 N–H and O–H groups in total. The zero-order chi connectivity index (χ0) is 16.7. The highest BCUT2D eigenvalue weighted by Gasteiger charge is 2.30. The second kappa shape index (κ2) is 5.71. The van der Waals surface area contributed by atoms with Crippen LogP contribution in [-0.4, -0.2) is 15.6 Å². The highest BCUT2D eigenvalue weighted by atomic mass is 19.1. The van der Waals surface area contributed by atoms with Gasteiger partial charge in [-0.3, -0.25) is 4.79 Å². The van der Waals surface area contributed by atoms with Crippen LogP contribution in [0.3, 0.4) is 0 Å². The molecule has 1 atom stereocenters. The largest absolute Gasteiger partial charge is 0.294 e. The Balaban J connectivity index is 1.75. The van der Waals surface area contributed by atoms with Crippen molar-refractivity contribution in [2.75, 3.05) is 0 Å². The van der Waals surface area contributed by atoms with Crippen LogP contribution in [-0.2, 0) is 6.42 Å². The van der Waals surface area contributed by atoms with Crippen LogP contribution in [0.25, 0.3) is 5.69 Å². The summed E-state index contributed by atoms with van der Waals surface area (Å²) < 4.78 is 15.0. The van der Waals surface area contributed by atoms with Crippen LogP contribution in [0.4, 0.5) is 4.39 Å². The number of Topliss-reactive ketones (excluding diaryl/α,β-unsaturated/α-hetero) is 1. The van der Waals surface area contributed by atoms with Crippen molar-refractivity contribution in [1.82, 2.24) is 9.78 Å². The van der Waals surface area contributed by atoms with Gasteiger partial charge in [0.1, 0.15) is 5.82 Å². The lowest BCUT2D eigenvalue weighted by molar-refractivity contribution is 0.0964. The molecular weight excluding hydrogens is 303 g/mol. The van der Waals surface area contributed by atoms with Gasteiger partial charge in [-0.15, -0.1) is 0 Å². The summed E-state index contributed by atoms with van der Waals surface area (Å²) in [6, 6.07) is 14.5. The van der Waals surface area contributed by atoms with Crippen molar-refractivity contribution in [3.8, 4) is 5.69 Å². The highest BCUT2D eigenvalue weighted by molar-refractivity contribution is 5.98. The molecule has 1 aliphatic rings. The lowest BCUT2D eigenvalue weighted by Gasteiger charge is -2.23. The molecular formula is C20H17FN2O. The van der Waals surface area contributed by atoms with E-state index in [9.17, 15) is 9.18 Å². The van der Waals surface area contributed by atoms with Crippen molar-refractivity contribution >= 4 is 5.78 Å². The molecule has 1 aliphatic carbocycles. The number of carbonyl (C=O) groups excluding carboxylic acids is 1. The van der Waals surface area contributed by atoms with E-state index in [1.54, 1.807) is 18.3 Å². The maximum atomic E-state index is 13.2. The van der Waals surface area contributed by atoms with Gasteiger partial charge in [-0.2, -0.15) is 5.10 Å². The van der Waals surface area contributed by atoms with Gasteiger partial charge in [0.15, 0.2) is 5.78 Å². The Labute approximate surface area is 139 Å². The molecule has 0 aliphatic heterocycles. The van der Waals surface area contributed by atoms with Crippen LogP contribution >= 0.6 is 0 Å². The highest BCUT2D eigenvalue weighted by Crippen LogP contribution is 2.33. The minimum Gasteiger partial charge on any atom is -0.294 e. The first-order valence-electron chi connectivity index (χ1n) is 8.04. The van der Waals surface area contributed by atoms with E-state index in [-0.39, 0.29) is 17.5 Å². The SMILES string of the molecule is Cc1cccc(-n2ncc3c2CC(c2ccc(F)cc2)CC3=O)c1. The Morgan fingerprint density at radius 1 is 1.12 bits per heavy atom. The van der Waals surface area contributed by atoms with Crippen LogP contribution in [0.1, 0.15) is 39.5 Å². The molecule has 0 fully saturated rings. The monoisotopic (exact) mass is 320 g/mol. The standard InChI is InChI=1S/C20H17FN2O/c1-13-3-2-4-17(9-13)23-19-10-15(11-20(24)18(19)12-22-23)14-5-7-16(21)8-6-14/h2-9,12,15H,10-11H2,1H3. The molecule has 4 heteroatoms. The molecule has 120 valence electrons. The van der Waals surface area contributed by atoms with Gasteiger partial charge in [-0.05, 0) is 54.7 Å². The molecule has 0 saturated heterocycles. The van der Waals surface area contributed by atoms with Crippen molar-refractivity contribution in [3.05, 3.63) is 82.9 Å². The van der Waals surface area contributed by atoms with E-state index < -0.39 is 0 Å². The first-order valence-corrected chi connectivity index (χ1v) is 8.04. The average molecular weight is 320 g/mol. The van der Waals surface area contributed by atoms with Gasteiger partial charge in [0.2, 0.25) is 0 Å². The molecule has 0 spiro atoms. The average Bonchev–Trinajstić information content (AvgIpc) is 3.00. The molecule has 0 amide bonds. The maximum absolute atomic E-state index is 13.2. The Kier molecular flexibility index (Phi) is 3.53. The molecule has 24 heavy (non-hydrogen) atoms. The second-order valence-corrected chi connectivity index (χ2v) is 6.34. The number of nitrogens with zero attached hydrogens (tertiary/aromatic N) is 2. The van der Waals surface area contributed by atoms with Crippen LogP contribution in [0.15, 0.2) is 54.7 Å². The van der Waals surface area contributed by atoms with Crippen molar-refractivity contribution in [1.29, 1.82) is 0 Å². The number of ketones is 1. The van der Waals surface area contributed by atoms with Crippen molar-refractivity contribution < 1.29 is 9.18 Å². The third-order valence-corrected chi connectivity index (χ3v) is 4.63. The van der Waals surface area contributed by atoms with E-state index in [1.165, 1.54) is 12.1 Å². The number of aromatic nitrogens is 2. The van der Waals surface area contributed by atoms with E-state index in [1.807, 2.05) is 29.8 Å². The van der Waals surface area contributed by atoms with E-state index >= 15 is 0 Å². The Morgan fingerprint density at radius 2 is 1.92 bits per heavy atom. The summed E-state index contributed by atoms with van der Waals surface area (Å²) in [7, 11) is 0. The summed E-state index contributed by atoms with van der Waals surface area (Å²) in [5, 5.41) is 4.44. The predicted octanol–water partition coefficient (Wildman–Crippen LogP) is 4.23. The third kappa shape index (κ3) is 2.54. The lowest BCUT2D eigenvalue weighted by atomic mass is 9.82. The fourth-order valence-electron chi connectivity index (χ4n) is 3.40. The summed E-state index contributed by atoms with van der Waals surface area (Å²) in [5.41, 5.74) is 4.74. The van der Waals surface area contributed by atoms with Gasteiger partial charge in [0, 0.05) is 6.42 Å². The number of hydrogen-bond donors (Lipinski definition) is 0. The molecule has 3 nitrogen and oxygen atoms in total. The number of hydrogen-bond acceptors (Lipinski definition) is 2. The van der Waals surface area contributed by atoms with Crippen LogP contribution in [0.2, 0.25) is 0 Å². The van der Waals surface area contributed by atoms with Crippen LogP contribution < -0.4 is 0 Å². The number of aryl methyl sites for hydroxylation is 1.